The summed E-state index contributed by atoms with van der Waals surface area (Å²) in [5.74, 6) is -4.81. The van der Waals surface area contributed by atoms with Crippen molar-refractivity contribution < 1.29 is 61.9 Å². The Labute approximate surface area is 233 Å². The maximum Gasteiger partial charge on any atom is 0.341 e. The van der Waals surface area contributed by atoms with Crippen molar-refractivity contribution in [1.29, 1.82) is 0 Å². The summed E-state index contributed by atoms with van der Waals surface area (Å²) in [5.41, 5.74) is -0.337. The van der Waals surface area contributed by atoms with Gasteiger partial charge in [0.2, 0.25) is 0 Å². The van der Waals surface area contributed by atoms with Crippen molar-refractivity contribution in [3.8, 4) is 0 Å². The minimum Gasteiger partial charge on any atom is -0.465 e. The van der Waals surface area contributed by atoms with Crippen molar-refractivity contribution in [1.82, 2.24) is 4.98 Å². The molecule has 1 fully saturated rings. The Kier molecular flexibility index (Phi) is 11.7. The highest BCUT2D eigenvalue weighted by atomic mass is 32.2. The van der Waals surface area contributed by atoms with Gasteiger partial charge in [-0.05, 0) is 12.3 Å². The molecule has 0 amide bonds. The van der Waals surface area contributed by atoms with Gasteiger partial charge in [0.1, 0.15) is 29.1 Å². The highest BCUT2D eigenvalue weighted by molar-refractivity contribution is 7.98. The van der Waals surface area contributed by atoms with Gasteiger partial charge in [0.15, 0.2) is 24.5 Å². The molecule has 5 atom stereocenters. The van der Waals surface area contributed by atoms with Gasteiger partial charge in [0, 0.05) is 27.7 Å². The number of aromatic nitrogens is 1. The van der Waals surface area contributed by atoms with Gasteiger partial charge < -0.3 is 38.5 Å². The van der Waals surface area contributed by atoms with Crippen LogP contribution in [-0.2, 0) is 52.3 Å². The number of hydrogen-bond donors (Lipinski definition) is 1. The summed E-state index contributed by atoms with van der Waals surface area (Å²) in [6.07, 6.45) is -5.18. The van der Waals surface area contributed by atoms with E-state index in [4.69, 9.17) is 33.2 Å². The molecule has 0 saturated carbocycles. The number of rotatable bonds is 10. The van der Waals surface area contributed by atoms with Crippen LogP contribution < -0.4 is 5.32 Å². The van der Waals surface area contributed by atoms with Crippen LogP contribution in [0.4, 0.5) is 5.82 Å². The van der Waals surface area contributed by atoms with E-state index in [1.807, 2.05) is 0 Å². The van der Waals surface area contributed by atoms with Crippen molar-refractivity contribution in [2.24, 2.45) is 0 Å². The normalized spacial score (nSPS) is 21.8. The molecular formula is C24H30N2O13S. The van der Waals surface area contributed by atoms with E-state index in [2.05, 4.69) is 10.3 Å². The molecule has 15 nitrogen and oxygen atoms in total. The van der Waals surface area contributed by atoms with E-state index < -0.39 is 73.1 Å². The predicted molar refractivity (Wildman–Crippen MR) is 134 cm³/mol. The smallest absolute Gasteiger partial charge is 0.341 e. The van der Waals surface area contributed by atoms with E-state index >= 15 is 0 Å². The summed E-state index contributed by atoms with van der Waals surface area (Å²) in [6.45, 7) is 4.00. The third-order valence-electron chi connectivity index (χ3n) is 5.26. The molecule has 16 heteroatoms. The second-order valence-corrected chi connectivity index (χ2v) is 8.98. The molecule has 2 rings (SSSR count). The number of pyridine rings is 1. The molecule has 40 heavy (non-hydrogen) atoms. The molecule has 0 unspecified atom stereocenters. The topological polar surface area (TPSA) is 192 Å². The van der Waals surface area contributed by atoms with E-state index in [1.165, 1.54) is 6.07 Å². The summed E-state index contributed by atoms with van der Waals surface area (Å²) in [5, 5.41) is 2.94. The number of methoxy groups -OCH3 is 2. The van der Waals surface area contributed by atoms with Crippen LogP contribution in [0.1, 0.15) is 48.4 Å². The summed E-state index contributed by atoms with van der Waals surface area (Å²) >= 11 is 1.03. The highest BCUT2D eigenvalue weighted by Crippen LogP contribution is 2.32. The molecule has 1 aliphatic heterocycles. The van der Waals surface area contributed by atoms with Gasteiger partial charge in [-0.15, -0.1) is 11.8 Å². The Morgan fingerprint density at radius 2 is 1.40 bits per heavy atom. The Balaban J connectivity index is 2.66. The quantitative estimate of drug-likeness (QED) is 0.230. The number of carbonyl (C=O) groups is 6. The Morgan fingerprint density at radius 1 is 0.850 bits per heavy atom. The van der Waals surface area contributed by atoms with Gasteiger partial charge in [0.05, 0.1) is 19.8 Å². The molecule has 220 valence electrons. The second-order valence-electron chi connectivity index (χ2n) is 8.19. The third kappa shape index (κ3) is 8.29. The maximum absolute atomic E-state index is 12.5. The van der Waals surface area contributed by atoms with Crippen molar-refractivity contribution in [3.63, 3.8) is 0 Å². The lowest BCUT2D eigenvalue weighted by Crippen LogP contribution is -2.64. The first kappa shape index (κ1) is 32.3. The summed E-state index contributed by atoms with van der Waals surface area (Å²) in [4.78, 5) is 76.8. The van der Waals surface area contributed by atoms with Gasteiger partial charge in [0.25, 0.3) is 0 Å². The van der Waals surface area contributed by atoms with Crippen LogP contribution in [0.3, 0.4) is 0 Å². The van der Waals surface area contributed by atoms with Crippen LogP contribution in [0, 0.1) is 0 Å². The molecule has 1 aliphatic rings. The minimum absolute atomic E-state index is 0.0432. The number of carbonyl (C=O) groups excluding carboxylic acids is 6. The number of nitrogens with zero attached hydrogens (tertiary/aromatic N) is 1. The van der Waals surface area contributed by atoms with E-state index in [9.17, 15) is 28.8 Å². The zero-order chi connectivity index (χ0) is 30.1. The maximum atomic E-state index is 12.5. The van der Waals surface area contributed by atoms with Crippen LogP contribution in [0.2, 0.25) is 0 Å². The van der Waals surface area contributed by atoms with Crippen molar-refractivity contribution >= 4 is 53.4 Å². The zero-order valence-electron chi connectivity index (χ0n) is 22.8. The number of hydrogen-bond acceptors (Lipinski definition) is 16. The average molecular weight is 587 g/mol. The van der Waals surface area contributed by atoms with Gasteiger partial charge in [-0.25, -0.2) is 14.6 Å². The first-order valence-electron chi connectivity index (χ1n) is 11.7. The summed E-state index contributed by atoms with van der Waals surface area (Å²) in [7, 11) is 2.26. The number of thioether (sulfide) groups is 1. The SMILES string of the molecule is COC(=O)c1cc(N[C@@H]2O[C@H](COC(C)=O)[C@@H](OC(C)=O)[C@H](OC(C)=O)[C@H]2OC(C)=O)nc(SC)c1C(=O)OC. The van der Waals surface area contributed by atoms with E-state index in [-0.39, 0.29) is 22.0 Å². The van der Waals surface area contributed by atoms with Crippen LogP contribution in [0.15, 0.2) is 11.1 Å². The molecular weight excluding hydrogens is 556 g/mol. The lowest BCUT2D eigenvalue weighted by molar-refractivity contribution is -0.247. The summed E-state index contributed by atoms with van der Waals surface area (Å²) in [6, 6.07) is 1.19. The summed E-state index contributed by atoms with van der Waals surface area (Å²) < 4.78 is 36.8. The number of anilines is 1. The van der Waals surface area contributed by atoms with Gasteiger partial charge in [-0.3, -0.25) is 19.2 Å². The predicted octanol–water partition coefficient (Wildman–Crippen LogP) is 0.872. The molecule has 1 saturated heterocycles. The second kappa shape index (κ2) is 14.5. The highest BCUT2D eigenvalue weighted by Gasteiger charge is 2.52. The lowest BCUT2D eigenvalue weighted by atomic mass is 9.97. The fraction of sp³-hybridized carbons (Fsp3) is 0.542. The Hall–Kier alpha value is -3.92. The average Bonchev–Trinajstić information content (AvgIpc) is 2.88. The molecule has 2 heterocycles. The van der Waals surface area contributed by atoms with Crippen LogP contribution in [0.25, 0.3) is 0 Å². The first-order valence-corrected chi connectivity index (χ1v) is 12.9. The third-order valence-corrected chi connectivity index (χ3v) is 5.94. The molecule has 0 radical (unpaired) electrons. The van der Waals surface area contributed by atoms with Crippen molar-refractivity contribution in [2.45, 2.75) is 63.4 Å². The lowest BCUT2D eigenvalue weighted by Gasteiger charge is -2.44. The monoisotopic (exact) mass is 586 g/mol. The first-order chi connectivity index (χ1) is 18.8. The zero-order valence-corrected chi connectivity index (χ0v) is 23.7. The molecule has 0 bridgehead atoms. The van der Waals surface area contributed by atoms with Gasteiger partial charge in [-0.2, -0.15) is 0 Å². The van der Waals surface area contributed by atoms with E-state index in [0.29, 0.717) is 0 Å². The fourth-order valence-corrected chi connectivity index (χ4v) is 4.39. The number of ether oxygens (including phenoxy) is 7. The number of nitrogens with one attached hydrogen (secondary N) is 1. The van der Waals surface area contributed by atoms with Crippen LogP contribution >= 0.6 is 11.8 Å². The van der Waals surface area contributed by atoms with Crippen molar-refractivity contribution in [2.75, 3.05) is 32.4 Å². The van der Waals surface area contributed by atoms with Gasteiger partial charge in [-0.1, -0.05) is 0 Å². The molecule has 0 aromatic carbocycles. The Morgan fingerprint density at radius 3 is 1.90 bits per heavy atom. The van der Waals surface area contributed by atoms with E-state index in [0.717, 1.165) is 53.7 Å². The molecule has 1 aromatic rings. The molecule has 0 aliphatic carbocycles. The molecule has 0 spiro atoms. The van der Waals surface area contributed by atoms with Crippen LogP contribution in [0.5, 0.6) is 0 Å². The minimum atomic E-state index is -1.43. The van der Waals surface area contributed by atoms with Gasteiger partial charge >= 0.3 is 35.8 Å². The standard InChI is InChI=1S/C24H30N2O13S/c1-10(27)35-9-15-18(36-11(2)28)19(37-12(3)29)20(38-13(4)30)21(39-15)25-16-8-14(23(31)33-5)17(24(32)34-6)22(26-16)40-7/h8,15,18-21H,9H2,1-7H3,(H,25,26)/t15-,18-,19+,20-,21-/m1/s1. The van der Waals surface area contributed by atoms with Crippen LogP contribution in [-0.4, -0.2) is 98.5 Å². The Bertz CT molecular complexity index is 1160. The fourth-order valence-electron chi connectivity index (χ4n) is 3.80. The van der Waals surface area contributed by atoms with Crippen molar-refractivity contribution in [3.05, 3.63) is 17.2 Å². The van der Waals surface area contributed by atoms with E-state index in [1.54, 1.807) is 6.26 Å². The largest absolute Gasteiger partial charge is 0.465 e. The number of esters is 6. The molecule has 1 aromatic heterocycles. The molecule has 1 N–H and O–H groups in total.